The Balaban J connectivity index is 1.37. The number of nitrogens with one attached hydrogen (secondary N) is 1. The number of halogens is 1. The van der Waals surface area contributed by atoms with Gasteiger partial charge in [0.05, 0.1) is 17.3 Å². The highest BCUT2D eigenvalue weighted by molar-refractivity contribution is 5.95. The van der Waals surface area contributed by atoms with E-state index in [1.165, 1.54) is 23.0 Å². The molecule has 0 spiro atoms. The van der Waals surface area contributed by atoms with Gasteiger partial charge in [0.2, 0.25) is 0 Å². The number of rotatable bonds is 4. The number of hydrogen-bond acceptors (Lipinski definition) is 4. The zero-order valence-electron chi connectivity index (χ0n) is 20.5. The van der Waals surface area contributed by atoms with E-state index in [4.69, 9.17) is 0 Å². The Bertz CT molecular complexity index is 1260. The van der Waals surface area contributed by atoms with Gasteiger partial charge in [0, 0.05) is 37.6 Å². The maximum absolute atomic E-state index is 14.2. The van der Waals surface area contributed by atoms with E-state index >= 15 is 0 Å². The SMILES string of the molecule is Cc1ccccc1N1CCN(c2cccc(C3CC(C)(C)c4cc(F)cc(C(=O)O)c4N3)c2)CC1. The monoisotopic (exact) mass is 473 g/mol. The third kappa shape index (κ3) is 4.45. The molecule has 1 unspecified atom stereocenters. The van der Waals surface area contributed by atoms with Gasteiger partial charge in [-0.15, -0.1) is 0 Å². The minimum Gasteiger partial charge on any atom is -0.478 e. The molecule has 2 N–H and O–H groups in total. The van der Waals surface area contributed by atoms with Crippen molar-refractivity contribution in [1.29, 1.82) is 0 Å². The first-order chi connectivity index (χ1) is 16.7. The molecule has 0 aliphatic carbocycles. The molecule has 2 heterocycles. The van der Waals surface area contributed by atoms with Crippen LogP contribution in [0.4, 0.5) is 21.5 Å². The maximum atomic E-state index is 14.2. The van der Waals surface area contributed by atoms with Gasteiger partial charge in [-0.1, -0.05) is 44.2 Å². The fourth-order valence-electron chi connectivity index (χ4n) is 5.57. The fraction of sp³-hybridized carbons (Fsp3) is 0.345. The van der Waals surface area contributed by atoms with E-state index in [-0.39, 0.29) is 17.0 Å². The van der Waals surface area contributed by atoms with Gasteiger partial charge < -0.3 is 20.2 Å². The predicted octanol–water partition coefficient (Wildman–Crippen LogP) is 5.99. The summed E-state index contributed by atoms with van der Waals surface area (Å²) in [6.07, 6.45) is 0.743. The normalized spacial score (nSPS) is 19.1. The average Bonchev–Trinajstić information content (AvgIpc) is 2.84. The molecule has 3 aromatic carbocycles. The third-order valence-electron chi connectivity index (χ3n) is 7.47. The van der Waals surface area contributed by atoms with Crippen LogP contribution in [-0.2, 0) is 5.41 Å². The lowest BCUT2D eigenvalue weighted by molar-refractivity contribution is 0.0697. The summed E-state index contributed by atoms with van der Waals surface area (Å²) in [6, 6.07) is 19.6. The highest BCUT2D eigenvalue weighted by Crippen LogP contribution is 2.46. The number of carbonyl (C=O) groups is 1. The first kappa shape index (κ1) is 23.2. The molecular weight excluding hydrogens is 441 g/mol. The van der Waals surface area contributed by atoms with Crippen molar-refractivity contribution in [2.24, 2.45) is 0 Å². The second-order valence-corrected chi connectivity index (χ2v) is 10.3. The number of para-hydroxylation sites is 1. The molecule has 1 fully saturated rings. The van der Waals surface area contributed by atoms with Crippen molar-refractivity contribution in [3.63, 3.8) is 0 Å². The molecule has 2 aliphatic heterocycles. The number of benzene rings is 3. The standard InChI is InChI=1S/C29H32FN3O2/c1-19-7-4-5-10-26(19)33-13-11-32(12-14-33)22-9-6-8-20(15-22)25-18-29(2,3)24-17-21(30)16-23(28(34)35)27(24)31-25/h4-10,15-17,25,31H,11-14,18H2,1-3H3,(H,34,35). The number of carboxylic acids is 1. The summed E-state index contributed by atoms with van der Waals surface area (Å²) >= 11 is 0. The lowest BCUT2D eigenvalue weighted by Gasteiger charge is -2.40. The summed E-state index contributed by atoms with van der Waals surface area (Å²) in [7, 11) is 0. The van der Waals surface area contributed by atoms with Crippen LogP contribution in [0.3, 0.4) is 0 Å². The highest BCUT2D eigenvalue weighted by Gasteiger charge is 2.36. The second-order valence-electron chi connectivity index (χ2n) is 10.3. The molecule has 5 rings (SSSR count). The fourth-order valence-corrected chi connectivity index (χ4v) is 5.57. The first-order valence-electron chi connectivity index (χ1n) is 12.2. The Kier molecular flexibility index (Phi) is 5.91. The number of hydrogen-bond donors (Lipinski definition) is 2. The molecular formula is C29H32FN3O2. The van der Waals surface area contributed by atoms with Crippen LogP contribution in [0.2, 0.25) is 0 Å². The molecule has 182 valence electrons. The summed E-state index contributed by atoms with van der Waals surface area (Å²) in [5.74, 6) is -1.63. The summed E-state index contributed by atoms with van der Waals surface area (Å²) in [5.41, 5.74) is 5.76. The predicted molar refractivity (Wildman–Crippen MR) is 139 cm³/mol. The molecule has 3 aromatic rings. The van der Waals surface area contributed by atoms with Crippen LogP contribution in [0.1, 0.15) is 53.4 Å². The van der Waals surface area contributed by atoms with E-state index in [2.05, 4.69) is 84.4 Å². The van der Waals surface area contributed by atoms with E-state index in [0.717, 1.165) is 49.8 Å². The molecule has 2 aliphatic rings. The topological polar surface area (TPSA) is 55.8 Å². The highest BCUT2D eigenvalue weighted by atomic mass is 19.1. The Labute approximate surface area is 206 Å². The number of piperazine rings is 1. The number of aromatic carboxylic acids is 1. The van der Waals surface area contributed by atoms with Crippen LogP contribution < -0.4 is 15.1 Å². The van der Waals surface area contributed by atoms with Gasteiger partial charge in [0.1, 0.15) is 5.82 Å². The summed E-state index contributed by atoms with van der Waals surface area (Å²) < 4.78 is 14.2. The molecule has 6 heteroatoms. The van der Waals surface area contributed by atoms with E-state index in [1.54, 1.807) is 0 Å². The van der Waals surface area contributed by atoms with E-state index in [9.17, 15) is 14.3 Å². The van der Waals surface area contributed by atoms with Crippen LogP contribution in [0, 0.1) is 12.7 Å². The molecule has 0 aromatic heterocycles. The third-order valence-corrected chi connectivity index (χ3v) is 7.47. The van der Waals surface area contributed by atoms with Crippen molar-refractivity contribution in [2.45, 2.75) is 38.6 Å². The molecule has 0 bridgehead atoms. The minimum absolute atomic E-state index is 0.0127. The van der Waals surface area contributed by atoms with Gasteiger partial charge in [-0.3, -0.25) is 0 Å². The molecule has 1 atom stereocenters. The van der Waals surface area contributed by atoms with Crippen molar-refractivity contribution in [3.05, 3.63) is 88.7 Å². The number of nitrogens with zero attached hydrogens (tertiary/aromatic N) is 2. The lowest BCUT2D eigenvalue weighted by atomic mass is 9.73. The molecule has 0 radical (unpaired) electrons. The van der Waals surface area contributed by atoms with Gasteiger partial charge >= 0.3 is 5.97 Å². The van der Waals surface area contributed by atoms with E-state index < -0.39 is 11.8 Å². The lowest BCUT2D eigenvalue weighted by Crippen LogP contribution is -2.46. The van der Waals surface area contributed by atoms with Gasteiger partial charge in [-0.25, -0.2) is 9.18 Å². The van der Waals surface area contributed by atoms with Crippen LogP contribution >= 0.6 is 0 Å². The van der Waals surface area contributed by atoms with Crippen LogP contribution in [0.15, 0.2) is 60.7 Å². The molecule has 5 nitrogen and oxygen atoms in total. The van der Waals surface area contributed by atoms with Crippen molar-refractivity contribution in [3.8, 4) is 0 Å². The summed E-state index contributed by atoms with van der Waals surface area (Å²) in [5, 5.41) is 13.1. The number of fused-ring (bicyclic) bond motifs is 1. The second kappa shape index (κ2) is 8.91. The molecule has 0 amide bonds. The van der Waals surface area contributed by atoms with Gasteiger partial charge in [-0.05, 0) is 65.8 Å². The maximum Gasteiger partial charge on any atom is 0.337 e. The van der Waals surface area contributed by atoms with E-state index in [1.807, 2.05) is 0 Å². The minimum atomic E-state index is -1.12. The summed E-state index contributed by atoms with van der Waals surface area (Å²) in [6.45, 7) is 10.1. The molecule has 35 heavy (non-hydrogen) atoms. The van der Waals surface area contributed by atoms with Crippen molar-refractivity contribution >= 4 is 23.0 Å². The summed E-state index contributed by atoms with van der Waals surface area (Å²) in [4.78, 5) is 16.7. The van der Waals surface area contributed by atoms with Crippen LogP contribution in [0.25, 0.3) is 0 Å². The zero-order chi connectivity index (χ0) is 24.7. The number of carboxylic acid groups (broad SMARTS) is 1. The largest absolute Gasteiger partial charge is 0.478 e. The van der Waals surface area contributed by atoms with Crippen LogP contribution in [-0.4, -0.2) is 37.3 Å². The van der Waals surface area contributed by atoms with Crippen molar-refractivity contribution < 1.29 is 14.3 Å². The van der Waals surface area contributed by atoms with Crippen LogP contribution in [0.5, 0.6) is 0 Å². The Morgan fingerprint density at radius 2 is 1.71 bits per heavy atom. The molecule has 0 saturated carbocycles. The van der Waals surface area contributed by atoms with Crippen molar-refractivity contribution in [2.75, 3.05) is 41.3 Å². The van der Waals surface area contributed by atoms with Gasteiger partial charge in [-0.2, -0.15) is 0 Å². The zero-order valence-corrected chi connectivity index (χ0v) is 20.5. The van der Waals surface area contributed by atoms with Gasteiger partial charge in [0.15, 0.2) is 0 Å². The average molecular weight is 474 g/mol. The number of anilines is 3. The molecule has 1 saturated heterocycles. The van der Waals surface area contributed by atoms with Gasteiger partial charge in [0.25, 0.3) is 0 Å². The van der Waals surface area contributed by atoms with Crippen molar-refractivity contribution in [1.82, 2.24) is 0 Å². The smallest absolute Gasteiger partial charge is 0.337 e. The number of aryl methyl sites for hydroxylation is 1. The Hall–Kier alpha value is -3.54. The first-order valence-corrected chi connectivity index (χ1v) is 12.2. The van der Waals surface area contributed by atoms with E-state index in [0.29, 0.717) is 5.69 Å². The Morgan fingerprint density at radius 3 is 2.43 bits per heavy atom. The quantitative estimate of drug-likeness (QED) is 0.487. The Morgan fingerprint density at radius 1 is 1.00 bits per heavy atom.